The molecule has 0 fully saturated rings. The molecule has 0 atom stereocenters. The summed E-state index contributed by atoms with van der Waals surface area (Å²) in [6.07, 6.45) is 0. The average Bonchev–Trinajstić information content (AvgIpc) is 2.35. The Morgan fingerprint density at radius 1 is 1.37 bits per heavy atom. The van der Waals surface area contributed by atoms with Crippen molar-refractivity contribution in [3.8, 4) is 0 Å². The van der Waals surface area contributed by atoms with Crippen LogP contribution in [0.15, 0.2) is 24.3 Å². The number of carbonyl (C=O) groups is 1. The molecule has 1 aromatic rings. The molecule has 0 aliphatic rings. The van der Waals surface area contributed by atoms with Crippen molar-refractivity contribution in [2.45, 2.75) is 19.4 Å². The van der Waals surface area contributed by atoms with E-state index in [-0.39, 0.29) is 18.8 Å². The molecule has 0 saturated carbocycles. The van der Waals surface area contributed by atoms with E-state index >= 15 is 0 Å². The first-order valence-electron chi connectivity index (χ1n) is 5.79. The summed E-state index contributed by atoms with van der Waals surface area (Å²) in [5.74, 6) is -0.981. The monoisotopic (exact) mass is 288 g/mol. The fraction of sp³-hybridized carbons (Fsp3) is 0.417. The van der Waals surface area contributed by atoms with Crippen LogP contribution >= 0.6 is 0 Å². The third-order valence-corrected chi connectivity index (χ3v) is 4.45. The predicted molar refractivity (Wildman–Crippen MR) is 70.3 cm³/mol. The maximum Gasteiger partial charge on any atom is 0.232 e. The molecule has 0 aliphatic carbocycles. The lowest BCUT2D eigenvalue weighted by atomic mass is 10.2. The number of likely N-dealkylation sites (N-methyl/N-ethyl adjacent to an activating group) is 1. The molecule has 0 saturated heterocycles. The molecule has 0 spiro atoms. The van der Waals surface area contributed by atoms with Crippen LogP contribution in [0.1, 0.15) is 18.1 Å². The molecule has 0 aliphatic heterocycles. The van der Waals surface area contributed by atoms with E-state index in [0.717, 1.165) is 4.31 Å². The summed E-state index contributed by atoms with van der Waals surface area (Å²) in [6, 6.07) is 6.28. The predicted octanol–water partition coefficient (Wildman–Crippen LogP) is 0.793. The van der Waals surface area contributed by atoms with E-state index in [2.05, 4.69) is 0 Å². The quantitative estimate of drug-likeness (QED) is 0.805. The van der Waals surface area contributed by atoms with Crippen molar-refractivity contribution in [2.75, 3.05) is 13.1 Å². The van der Waals surface area contributed by atoms with Gasteiger partial charge < -0.3 is 5.73 Å². The minimum absolute atomic E-state index is 0.161. The second-order valence-corrected chi connectivity index (χ2v) is 6.07. The maximum atomic E-state index is 12.5. The lowest BCUT2D eigenvalue weighted by Gasteiger charge is -2.18. The van der Waals surface area contributed by atoms with E-state index in [4.69, 9.17) is 5.73 Å². The molecule has 2 N–H and O–H groups in total. The first-order valence-corrected chi connectivity index (χ1v) is 7.40. The highest BCUT2D eigenvalue weighted by Crippen LogP contribution is 2.13. The number of nitrogens with zero attached hydrogens (tertiary/aromatic N) is 1. The Hall–Kier alpha value is -1.47. The van der Waals surface area contributed by atoms with Crippen LogP contribution in [0.3, 0.4) is 0 Å². The lowest BCUT2D eigenvalue weighted by molar-refractivity contribution is -0.118. The summed E-state index contributed by atoms with van der Waals surface area (Å²) in [4.78, 5) is 10.8. The number of hydrogen-bond acceptors (Lipinski definition) is 3. The van der Waals surface area contributed by atoms with Gasteiger partial charge in [-0.2, -0.15) is 4.31 Å². The number of halogens is 1. The van der Waals surface area contributed by atoms with Gasteiger partial charge in [-0.15, -0.1) is 0 Å². The van der Waals surface area contributed by atoms with Gasteiger partial charge in [-0.25, -0.2) is 12.8 Å². The van der Waals surface area contributed by atoms with Crippen LogP contribution in [0.25, 0.3) is 0 Å². The van der Waals surface area contributed by atoms with E-state index in [0.29, 0.717) is 11.1 Å². The first-order chi connectivity index (χ1) is 8.89. The molecule has 1 rings (SSSR count). The van der Waals surface area contributed by atoms with Crippen molar-refractivity contribution in [1.82, 2.24) is 4.31 Å². The van der Waals surface area contributed by atoms with Gasteiger partial charge in [0.1, 0.15) is 6.67 Å². The Kier molecular flexibility index (Phi) is 5.44. The SMILES string of the molecule is CCN(CC(N)=O)S(=O)(=O)Cc1cccc(CF)c1. The van der Waals surface area contributed by atoms with Gasteiger partial charge in [0.15, 0.2) is 0 Å². The van der Waals surface area contributed by atoms with Crippen LogP contribution in [0.2, 0.25) is 0 Å². The first kappa shape index (κ1) is 15.6. The number of primary amides is 1. The van der Waals surface area contributed by atoms with E-state index < -0.39 is 22.6 Å². The summed E-state index contributed by atoms with van der Waals surface area (Å²) < 4.78 is 37.7. The molecular formula is C12H17FN2O3S. The Morgan fingerprint density at radius 3 is 2.53 bits per heavy atom. The molecule has 0 radical (unpaired) electrons. The highest BCUT2D eigenvalue weighted by Gasteiger charge is 2.22. The Morgan fingerprint density at radius 2 is 2.00 bits per heavy atom. The number of rotatable bonds is 7. The van der Waals surface area contributed by atoms with Crippen LogP contribution in [-0.4, -0.2) is 31.7 Å². The highest BCUT2D eigenvalue weighted by atomic mass is 32.2. The van der Waals surface area contributed by atoms with Gasteiger partial charge in [-0.3, -0.25) is 4.79 Å². The molecule has 0 aromatic heterocycles. The normalized spacial score (nSPS) is 11.7. The zero-order valence-electron chi connectivity index (χ0n) is 10.7. The molecule has 1 amide bonds. The van der Waals surface area contributed by atoms with Crippen LogP contribution in [-0.2, 0) is 27.2 Å². The van der Waals surface area contributed by atoms with Crippen molar-refractivity contribution in [1.29, 1.82) is 0 Å². The third kappa shape index (κ3) is 4.60. The van der Waals surface area contributed by atoms with Gasteiger partial charge in [0.25, 0.3) is 0 Å². The van der Waals surface area contributed by atoms with Crippen LogP contribution in [0, 0.1) is 0 Å². The van der Waals surface area contributed by atoms with Crippen LogP contribution in [0.4, 0.5) is 4.39 Å². The van der Waals surface area contributed by atoms with E-state index in [1.54, 1.807) is 25.1 Å². The maximum absolute atomic E-state index is 12.5. The number of hydrogen-bond donors (Lipinski definition) is 1. The van der Waals surface area contributed by atoms with E-state index in [1.165, 1.54) is 6.07 Å². The van der Waals surface area contributed by atoms with Gasteiger partial charge in [-0.1, -0.05) is 31.2 Å². The smallest absolute Gasteiger partial charge is 0.232 e. The van der Waals surface area contributed by atoms with E-state index in [9.17, 15) is 17.6 Å². The Labute approximate surface area is 112 Å². The molecule has 0 unspecified atom stereocenters. The number of nitrogens with two attached hydrogens (primary N) is 1. The zero-order valence-corrected chi connectivity index (χ0v) is 11.5. The topological polar surface area (TPSA) is 80.5 Å². The van der Waals surface area contributed by atoms with Gasteiger partial charge in [0.05, 0.1) is 12.3 Å². The molecule has 19 heavy (non-hydrogen) atoms. The number of alkyl halides is 1. The van der Waals surface area contributed by atoms with Crippen molar-refractivity contribution in [3.63, 3.8) is 0 Å². The number of sulfonamides is 1. The molecule has 0 bridgehead atoms. The van der Waals surface area contributed by atoms with Crippen molar-refractivity contribution in [2.24, 2.45) is 5.73 Å². The molecule has 1 aromatic carbocycles. The third-order valence-electron chi connectivity index (χ3n) is 2.57. The minimum atomic E-state index is -3.64. The fourth-order valence-electron chi connectivity index (χ4n) is 1.69. The number of benzene rings is 1. The summed E-state index contributed by atoms with van der Waals surface area (Å²) in [5.41, 5.74) is 5.92. The van der Waals surface area contributed by atoms with Crippen LogP contribution < -0.4 is 5.73 Å². The average molecular weight is 288 g/mol. The van der Waals surface area contributed by atoms with Gasteiger partial charge >= 0.3 is 0 Å². The van der Waals surface area contributed by atoms with Crippen molar-refractivity contribution < 1.29 is 17.6 Å². The minimum Gasteiger partial charge on any atom is -0.369 e. The molecular weight excluding hydrogens is 271 g/mol. The number of amides is 1. The lowest BCUT2D eigenvalue weighted by Crippen LogP contribution is -2.38. The summed E-state index contributed by atoms with van der Waals surface area (Å²) in [6.45, 7) is 0.793. The standard InChI is InChI=1S/C12H17FN2O3S/c1-2-15(8-12(14)16)19(17,18)9-11-5-3-4-10(6-11)7-13/h3-6H,2,7-9H2,1H3,(H2,14,16). The second kappa shape index (κ2) is 6.63. The summed E-state index contributed by atoms with van der Waals surface area (Å²) >= 11 is 0. The second-order valence-electron chi connectivity index (χ2n) is 4.10. The highest BCUT2D eigenvalue weighted by molar-refractivity contribution is 7.88. The summed E-state index contributed by atoms with van der Waals surface area (Å²) in [7, 11) is -3.64. The van der Waals surface area contributed by atoms with Gasteiger partial charge in [0.2, 0.25) is 15.9 Å². The van der Waals surface area contributed by atoms with Gasteiger partial charge in [0, 0.05) is 6.54 Å². The van der Waals surface area contributed by atoms with Crippen LogP contribution in [0.5, 0.6) is 0 Å². The molecule has 106 valence electrons. The van der Waals surface area contributed by atoms with Crippen molar-refractivity contribution in [3.05, 3.63) is 35.4 Å². The Bertz CT molecular complexity index is 546. The largest absolute Gasteiger partial charge is 0.369 e. The van der Waals surface area contributed by atoms with Crippen molar-refractivity contribution >= 4 is 15.9 Å². The molecule has 5 nitrogen and oxygen atoms in total. The van der Waals surface area contributed by atoms with Gasteiger partial charge in [-0.05, 0) is 11.1 Å². The molecule has 0 heterocycles. The zero-order chi connectivity index (χ0) is 14.5. The Balaban J connectivity index is 2.91. The number of carbonyl (C=O) groups excluding carboxylic acids is 1. The molecule has 7 heteroatoms. The fourth-order valence-corrected chi connectivity index (χ4v) is 3.19. The summed E-state index contributed by atoms with van der Waals surface area (Å²) in [5, 5.41) is 0. The van der Waals surface area contributed by atoms with E-state index in [1.807, 2.05) is 0 Å².